The lowest BCUT2D eigenvalue weighted by molar-refractivity contribution is 0.102. The molecule has 1 aliphatic rings. The molecule has 0 atom stereocenters. The minimum absolute atomic E-state index is 0.0335. The second-order valence-corrected chi connectivity index (χ2v) is 8.30. The summed E-state index contributed by atoms with van der Waals surface area (Å²) in [5.74, 6) is -0.412. The highest BCUT2D eigenvalue weighted by atomic mass is 32.2. The Morgan fingerprint density at radius 3 is 2.78 bits per heavy atom. The van der Waals surface area contributed by atoms with Gasteiger partial charge in [0.25, 0.3) is 5.91 Å². The van der Waals surface area contributed by atoms with Crippen molar-refractivity contribution in [1.29, 1.82) is 0 Å². The third kappa shape index (κ3) is 2.81. The van der Waals surface area contributed by atoms with Crippen LogP contribution in [0.4, 0.5) is 5.69 Å². The number of pyridine rings is 1. The van der Waals surface area contributed by atoms with E-state index in [9.17, 15) is 13.2 Å². The van der Waals surface area contributed by atoms with Gasteiger partial charge in [-0.15, -0.1) is 0 Å². The molecule has 0 bridgehead atoms. The van der Waals surface area contributed by atoms with Crippen molar-refractivity contribution in [2.45, 2.75) is 18.4 Å². The van der Waals surface area contributed by atoms with E-state index in [0.717, 1.165) is 5.56 Å². The molecule has 1 amide bonds. The Balaban J connectivity index is 1.81. The summed E-state index contributed by atoms with van der Waals surface area (Å²) in [4.78, 5) is 21.3. The Morgan fingerprint density at radius 1 is 1.22 bits per heavy atom. The number of fused-ring (bicyclic) bond motifs is 3. The number of amides is 1. The fraction of sp³-hybridized carbons (Fsp3) is 0.167. The summed E-state index contributed by atoms with van der Waals surface area (Å²) < 4.78 is 28.5. The average molecular weight is 383 g/mol. The van der Waals surface area contributed by atoms with Crippen molar-refractivity contribution in [2.24, 2.45) is 0 Å². The van der Waals surface area contributed by atoms with Gasteiger partial charge in [0.1, 0.15) is 11.2 Å². The lowest BCUT2D eigenvalue weighted by Gasteiger charge is -2.14. The van der Waals surface area contributed by atoms with Crippen molar-refractivity contribution in [3.05, 3.63) is 66.0 Å². The highest BCUT2D eigenvalue weighted by Gasteiger charge is 2.32. The molecular formula is C18H17N5O3S. The molecule has 8 nitrogen and oxygen atoms in total. The predicted octanol–water partition coefficient (Wildman–Crippen LogP) is 1.96. The van der Waals surface area contributed by atoms with Gasteiger partial charge in [0.05, 0.1) is 29.8 Å². The van der Waals surface area contributed by atoms with E-state index in [1.165, 1.54) is 17.7 Å². The fourth-order valence-electron chi connectivity index (χ4n) is 3.04. The molecule has 0 saturated carbocycles. The number of hydrogen-bond acceptors (Lipinski definition) is 5. The highest BCUT2D eigenvalue weighted by Crippen LogP contribution is 2.30. The maximum atomic E-state index is 12.8. The molecule has 0 fully saturated rings. The van der Waals surface area contributed by atoms with E-state index in [1.54, 1.807) is 47.3 Å². The minimum atomic E-state index is -3.66. The van der Waals surface area contributed by atoms with Crippen molar-refractivity contribution in [3.63, 3.8) is 0 Å². The standard InChI is InChI=1S/C18H17N5O3S/c1-12-7-8-19-9-13(12)21-18(24)17-15-10-22(2)27(25,26)16-6-4-3-5-14(16)23(15)11-20-17/h3-9,11H,10H2,1-2H3,(H,21,24). The lowest BCUT2D eigenvalue weighted by Crippen LogP contribution is -2.26. The number of carbonyl (C=O) groups is 1. The molecule has 0 radical (unpaired) electrons. The second kappa shape index (κ2) is 6.29. The number of hydrogen-bond donors (Lipinski definition) is 1. The highest BCUT2D eigenvalue weighted by molar-refractivity contribution is 7.89. The van der Waals surface area contributed by atoms with Crippen LogP contribution in [0.3, 0.4) is 0 Å². The maximum Gasteiger partial charge on any atom is 0.276 e. The average Bonchev–Trinajstić information content (AvgIpc) is 3.04. The van der Waals surface area contributed by atoms with E-state index >= 15 is 0 Å². The molecule has 27 heavy (non-hydrogen) atoms. The fourth-order valence-corrected chi connectivity index (χ4v) is 4.35. The summed E-state index contributed by atoms with van der Waals surface area (Å²) in [5.41, 5.74) is 2.61. The smallest absolute Gasteiger partial charge is 0.276 e. The van der Waals surface area contributed by atoms with Crippen LogP contribution in [-0.2, 0) is 16.6 Å². The van der Waals surface area contributed by atoms with Gasteiger partial charge >= 0.3 is 0 Å². The number of para-hydroxylation sites is 1. The summed E-state index contributed by atoms with van der Waals surface area (Å²) in [6, 6.07) is 8.46. The van der Waals surface area contributed by atoms with E-state index in [2.05, 4.69) is 15.3 Å². The molecular weight excluding hydrogens is 366 g/mol. The van der Waals surface area contributed by atoms with E-state index in [1.807, 2.05) is 6.92 Å². The number of carbonyl (C=O) groups excluding carboxylic acids is 1. The van der Waals surface area contributed by atoms with Crippen LogP contribution in [0.15, 0.2) is 53.9 Å². The number of nitrogens with zero attached hydrogens (tertiary/aromatic N) is 4. The monoisotopic (exact) mass is 383 g/mol. The first kappa shape index (κ1) is 17.4. The molecule has 0 saturated heterocycles. The molecule has 0 spiro atoms. The molecule has 2 aromatic heterocycles. The van der Waals surface area contributed by atoms with Gasteiger partial charge in [0.15, 0.2) is 5.69 Å². The zero-order chi connectivity index (χ0) is 19.2. The Hall–Kier alpha value is -3.04. The van der Waals surface area contributed by atoms with Crippen molar-refractivity contribution in [2.75, 3.05) is 12.4 Å². The van der Waals surface area contributed by atoms with Crippen LogP contribution in [0.25, 0.3) is 5.69 Å². The predicted molar refractivity (Wildman–Crippen MR) is 99.1 cm³/mol. The first-order valence-corrected chi connectivity index (χ1v) is 9.67. The molecule has 1 aromatic carbocycles. The van der Waals surface area contributed by atoms with Crippen molar-refractivity contribution in [3.8, 4) is 5.69 Å². The lowest BCUT2D eigenvalue weighted by atomic mass is 10.2. The minimum Gasteiger partial charge on any atom is -0.319 e. The van der Waals surface area contributed by atoms with Gasteiger partial charge in [0, 0.05) is 13.2 Å². The van der Waals surface area contributed by atoms with Crippen LogP contribution in [0, 0.1) is 6.92 Å². The molecule has 0 aliphatic carbocycles. The van der Waals surface area contributed by atoms with Crippen molar-refractivity contribution >= 4 is 21.6 Å². The van der Waals surface area contributed by atoms with Crippen molar-refractivity contribution in [1.82, 2.24) is 18.8 Å². The third-order valence-corrected chi connectivity index (χ3v) is 6.41. The SMILES string of the molecule is Cc1ccncc1NC(=O)c1ncn2c1CN(C)S(=O)(=O)c1ccccc1-2. The molecule has 1 aliphatic heterocycles. The number of anilines is 1. The van der Waals surface area contributed by atoms with Crippen LogP contribution < -0.4 is 5.32 Å². The summed E-state index contributed by atoms with van der Waals surface area (Å²) in [6.07, 6.45) is 4.69. The number of sulfonamides is 1. The topological polar surface area (TPSA) is 97.2 Å². The zero-order valence-electron chi connectivity index (χ0n) is 14.7. The Bertz CT molecular complexity index is 1150. The molecule has 3 heterocycles. The molecule has 4 rings (SSSR count). The van der Waals surface area contributed by atoms with Crippen LogP contribution in [0.5, 0.6) is 0 Å². The Morgan fingerprint density at radius 2 is 2.00 bits per heavy atom. The maximum absolute atomic E-state index is 12.8. The normalized spacial score (nSPS) is 15.5. The summed E-state index contributed by atoms with van der Waals surface area (Å²) >= 11 is 0. The Kier molecular flexibility index (Phi) is 4.05. The van der Waals surface area contributed by atoms with Crippen LogP contribution in [-0.4, -0.2) is 40.2 Å². The van der Waals surface area contributed by atoms with E-state index in [4.69, 9.17) is 0 Å². The van der Waals surface area contributed by atoms with E-state index in [-0.39, 0.29) is 17.1 Å². The molecule has 0 unspecified atom stereocenters. The van der Waals surface area contributed by atoms with Gasteiger partial charge < -0.3 is 5.32 Å². The molecule has 138 valence electrons. The summed E-state index contributed by atoms with van der Waals surface area (Å²) in [7, 11) is -2.17. The molecule has 9 heteroatoms. The number of benzene rings is 1. The summed E-state index contributed by atoms with van der Waals surface area (Å²) in [5, 5.41) is 2.80. The zero-order valence-corrected chi connectivity index (χ0v) is 15.6. The van der Waals surface area contributed by atoms with Crippen molar-refractivity contribution < 1.29 is 13.2 Å². The van der Waals surface area contributed by atoms with Crippen LogP contribution in [0.1, 0.15) is 21.7 Å². The number of nitrogens with one attached hydrogen (secondary N) is 1. The quantitative estimate of drug-likeness (QED) is 0.730. The first-order chi connectivity index (χ1) is 12.9. The van der Waals surface area contributed by atoms with E-state index < -0.39 is 15.9 Å². The van der Waals surface area contributed by atoms with Gasteiger partial charge in [-0.25, -0.2) is 13.4 Å². The number of rotatable bonds is 2. The third-order valence-electron chi connectivity index (χ3n) is 4.55. The molecule has 3 aromatic rings. The largest absolute Gasteiger partial charge is 0.319 e. The Labute approximate surface area is 156 Å². The van der Waals surface area contributed by atoms with Gasteiger partial charge in [-0.05, 0) is 30.7 Å². The van der Waals surface area contributed by atoms with Crippen LogP contribution >= 0.6 is 0 Å². The van der Waals surface area contributed by atoms with Gasteiger partial charge in [-0.3, -0.25) is 14.3 Å². The molecule has 1 N–H and O–H groups in total. The number of imidazole rings is 1. The second-order valence-electron chi connectivity index (χ2n) is 6.28. The number of aryl methyl sites for hydroxylation is 1. The first-order valence-electron chi connectivity index (χ1n) is 8.23. The van der Waals surface area contributed by atoms with E-state index in [0.29, 0.717) is 17.1 Å². The summed E-state index contributed by atoms with van der Waals surface area (Å²) in [6.45, 7) is 1.90. The van der Waals surface area contributed by atoms with Gasteiger partial charge in [-0.2, -0.15) is 4.31 Å². The van der Waals surface area contributed by atoms with Gasteiger partial charge in [-0.1, -0.05) is 12.1 Å². The number of aromatic nitrogens is 3. The van der Waals surface area contributed by atoms with Crippen LogP contribution in [0.2, 0.25) is 0 Å². The van der Waals surface area contributed by atoms with Gasteiger partial charge in [0.2, 0.25) is 10.0 Å².